The smallest absolute Gasteiger partial charge is 0.858 e. The Hall–Kier alpha value is -0.340. The topological polar surface area (TPSA) is 101 Å². The molecule has 1 aromatic carbocycles. The van der Waals surface area contributed by atoms with E-state index in [9.17, 15) is 15.0 Å². The predicted octanol–water partition coefficient (Wildman–Crippen LogP) is -5.81. The summed E-state index contributed by atoms with van der Waals surface area (Å²) in [6, 6.07) is 7.16. The van der Waals surface area contributed by atoms with Crippen LogP contribution in [0.5, 0.6) is 5.88 Å². The number of rotatable bonds is 4. The second-order valence-corrected chi connectivity index (χ2v) is 4.05. The van der Waals surface area contributed by atoms with Gasteiger partial charge in [-0.3, -0.25) is 0 Å². The standard InChI is InChI=1S/C12H10ClN3O3.2Na/c13-9-4-2-1-3-7(9)5-14-12-15-6-8(11(18)19)10(17)16-12;;/h1-4,6H,5H2,(H,18,19)(H2,14,15,16,17);;/q;2*+1/p-2. The van der Waals surface area contributed by atoms with E-state index in [1.54, 1.807) is 12.1 Å². The summed E-state index contributed by atoms with van der Waals surface area (Å²) in [5.74, 6) is -2.45. The Morgan fingerprint density at radius 2 is 1.95 bits per heavy atom. The first-order valence-corrected chi connectivity index (χ1v) is 5.68. The number of carbonyl (C=O) groups excluding carboxylic acids is 1. The predicted molar refractivity (Wildman–Crippen MR) is 64.6 cm³/mol. The van der Waals surface area contributed by atoms with E-state index in [1.807, 2.05) is 12.1 Å². The van der Waals surface area contributed by atoms with Gasteiger partial charge in [0.05, 0.1) is 5.97 Å². The van der Waals surface area contributed by atoms with Crippen LogP contribution in [0.15, 0.2) is 30.5 Å². The van der Waals surface area contributed by atoms with Crippen LogP contribution < -0.4 is 74.6 Å². The van der Waals surface area contributed by atoms with Crippen molar-refractivity contribution in [2.24, 2.45) is 0 Å². The van der Waals surface area contributed by atoms with Crippen LogP contribution in [0.3, 0.4) is 0 Å². The summed E-state index contributed by atoms with van der Waals surface area (Å²) in [5, 5.41) is 25.2. The van der Waals surface area contributed by atoms with Crippen molar-refractivity contribution in [3.05, 3.63) is 46.6 Å². The Bertz CT molecular complexity index is 628. The zero-order chi connectivity index (χ0) is 13.8. The summed E-state index contributed by atoms with van der Waals surface area (Å²) in [7, 11) is 0. The summed E-state index contributed by atoms with van der Waals surface area (Å²) in [6.45, 7) is 0.323. The van der Waals surface area contributed by atoms with Crippen molar-refractivity contribution in [3.8, 4) is 5.88 Å². The minimum Gasteiger partial charge on any atom is -0.858 e. The molecule has 1 heterocycles. The third kappa shape index (κ3) is 5.75. The van der Waals surface area contributed by atoms with Crippen LogP contribution in [0, 0.1) is 0 Å². The van der Waals surface area contributed by atoms with E-state index in [-0.39, 0.29) is 65.1 Å². The molecule has 98 valence electrons. The fourth-order valence-corrected chi connectivity index (χ4v) is 1.61. The van der Waals surface area contributed by atoms with Gasteiger partial charge in [0, 0.05) is 29.2 Å². The molecule has 1 aromatic heterocycles. The van der Waals surface area contributed by atoms with Gasteiger partial charge in [-0.1, -0.05) is 29.8 Å². The summed E-state index contributed by atoms with van der Waals surface area (Å²) >= 11 is 5.96. The number of halogens is 1. The Morgan fingerprint density at radius 3 is 2.52 bits per heavy atom. The molecule has 0 unspecified atom stereocenters. The molecule has 21 heavy (non-hydrogen) atoms. The van der Waals surface area contributed by atoms with Crippen LogP contribution in [0.2, 0.25) is 5.02 Å². The molecule has 0 radical (unpaired) electrons. The van der Waals surface area contributed by atoms with E-state index in [1.165, 1.54) is 0 Å². The van der Waals surface area contributed by atoms with Crippen molar-refractivity contribution in [2.75, 3.05) is 5.32 Å². The average Bonchev–Trinajstić information content (AvgIpc) is 2.37. The maximum absolute atomic E-state index is 11.3. The summed E-state index contributed by atoms with van der Waals surface area (Å²) < 4.78 is 0. The van der Waals surface area contributed by atoms with Gasteiger partial charge in [0.25, 0.3) is 0 Å². The number of nitrogens with zero attached hydrogens (tertiary/aromatic N) is 2. The van der Waals surface area contributed by atoms with Crippen LogP contribution in [0.1, 0.15) is 15.9 Å². The molecule has 0 atom stereocenters. The van der Waals surface area contributed by atoms with E-state index < -0.39 is 17.4 Å². The van der Waals surface area contributed by atoms with Crippen molar-refractivity contribution >= 4 is 23.5 Å². The van der Waals surface area contributed by atoms with E-state index in [0.29, 0.717) is 11.6 Å². The van der Waals surface area contributed by atoms with Gasteiger partial charge in [0.15, 0.2) is 0 Å². The number of carboxylic acid groups (broad SMARTS) is 1. The van der Waals surface area contributed by atoms with Gasteiger partial charge in [-0.25, -0.2) is 9.97 Å². The van der Waals surface area contributed by atoms with E-state index >= 15 is 0 Å². The minimum atomic E-state index is -1.59. The second kappa shape index (κ2) is 9.63. The van der Waals surface area contributed by atoms with Gasteiger partial charge in [0.1, 0.15) is 0 Å². The summed E-state index contributed by atoms with van der Waals surface area (Å²) in [4.78, 5) is 17.7. The maximum atomic E-state index is 11.3. The number of hydrogen-bond acceptors (Lipinski definition) is 6. The number of nitrogens with one attached hydrogen (secondary N) is 1. The molecular formula is C12H8ClN3Na2O3. The first-order chi connectivity index (χ1) is 9.08. The molecule has 0 bridgehead atoms. The zero-order valence-electron chi connectivity index (χ0n) is 11.6. The van der Waals surface area contributed by atoms with E-state index in [0.717, 1.165) is 11.8 Å². The average molecular weight is 324 g/mol. The number of hydrogen-bond donors (Lipinski definition) is 1. The Balaban J connectivity index is 0.00000200. The van der Waals surface area contributed by atoms with Crippen LogP contribution in [0.4, 0.5) is 5.95 Å². The number of aromatic nitrogens is 2. The van der Waals surface area contributed by atoms with Crippen molar-refractivity contribution in [1.29, 1.82) is 0 Å². The van der Waals surface area contributed by atoms with Gasteiger partial charge in [0.2, 0.25) is 5.95 Å². The third-order valence-electron chi connectivity index (χ3n) is 2.37. The first kappa shape index (κ1) is 20.7. The summed E-state index contributed by atoms with van der Waals surface area (Å²) in [5.41, 5.74) is 0.243. The normalized spacial score (nSPS) is 9.19. The van der Waals surface area contributed by atoms with Crippen molar-refractivity contribution in [2.45, 2.75) is 6.54 Å². The molecule has 2 aromatic rings. The number of anilines is 1. The van der Waals surface area contributed by atoms with Crippen LogP contribution in [-0.2, 0) is 6.54 Å². The SMILES string of the molecule is O=C([O-])c1cnc(NCc2ccccc2Cl)nc1[O-].[Na+].[Na+]. The number of aromatic carboxylic acids is 1. The largest absolute Gasteiger partial charge is 1.00 e. The molecular weight excluding hydrogens is 316 g/mol. The molecule has 6 nitrogen and oxygen atoms in total. The molecule has 0 aliphatic carbocycles. The molecule has 9 heteroatoms. The molecule has 0 saturated carbocycles. The number of carbonyl (C=O) groups is 1. The Kier molecular flexibility index (Phi) is 9.48. The fourth-order valence-electron chi connectivity index (χ4n) is 1.41. The van der Waals surface area contributed by atoms with Gasteiger partial charge in [-0.15, -0.1) is 0 Å². The van der Waals surface area contributed by atoms with Gasteiger partial charge >= 0.3 is 59.1 Å². The van der Waals surface area contributed by atoms with Crippen LogP contribution >= 0.6 is 11.6 Å². The van der Waals surface area contributed by atoms with Gasteiger partial charge in [-0.05, 0) is 11.6 Å². The fraction of sp³-hybridized carbons (Fsp3) is 0.0833. The zero-order valence-corrected chi connectivity index (χ0v) is 16.3. The van der Waals surface area contributed by atoms with Gasteiger partial charge < -0.3 is 20.3 Å². The van der Waals surface area contributed by atoms with Gasteiger partial charge in [-0.2, -0.15) is 0 Å². The third-order valence-corrected chi connectivity index (χ3v) is 2.74. The van der Waals surface area contributed by atoms with Crippen LogP contribution in [-0.4, -0.2) is 15.9 Å². The second-order valence-electron chi connectivity index (χ2n) is 3.64. The Labute approximate surface area is 170 Å². The summed E-state index contributed by atoms with van der Waals surface area (Å²) in [6.07, 6.45) is 0.916. The number of benzene rings is 1. The van der Waals surface area contributed by atoms with Crippen molar-refractivity contribution in [1.82, 2.24) is 9.97 Å². The van der Waals surface area contributed by atoms with Crippen molar-refractivity contribution in [3.63, 3.8) is 0 Å². The monoisotopic (exact) mass is 323 g/mol. The molecule has 0 amide bonds. The van der Waals surface area contributed by atoms with Crippen molar-refractivity contribution < 1.29 is 74.1 Å². The Morgan fingerprint density at radius 1 is 1.29 bits per heavy atom. The first-order valence-electron chi connectivity index (χ1n) is 5.30. The molecule has 0 aliphatic rings. The minimum absolute atomic E-state index is 0. The molecule has 2 rings (SSSR count). The van der Waals surface area contributed by atoms with E-state index in [4.69, 9.17) is 11.6 Å². The quantitative estimate of drug-likeness (QED) is 0.563. The molecule has 0 spiro atoms. The molecule has 0 aliphatic heterocycles. The van der Waals surface area contributed by atoms with E-state index in [2.05, 4.69) is 15.3 Å². The number of carboxylic acids is 1. The maximum Gasteiger partial charge on any atom is 1.00 e. The molecule has 0 saturated heterocycles. The molecule has 1 N–H and O–H groups in total. The molecule has 0 fully saturated rings. The van der Waals surface area contributed by atoms with Crippen LogP contribution in [0.25, 0.3) is 0 Å².